The van der Waals surface area contributed by atoms with Gasteiger partial charge in [0.15, 0.2) is 0 Å². The van der Waals surface area contributed by atoms with E-state index in [1.807, 2.05) is 55.1 Å². The van der Waals surface area contributed by atoms with E-state index in [4.69, 9.17) is 24.3 Å². The lowest BCUT2D eigenvalue weighted by Crippen LogP contribution is -2.17. The smallest absolute Gasteiger partial charge is 0.355 e. The third-order valence-electron chi connectivity index (χ3n) is 8.70. The van der Waals surface area contributed by atoms with Crippen molar-refractivity contribution in [2.75, 3.05) is 13.2 Å². The van der Waals surface area contributed by atoms with Gasteiger partial charge >= 0.3 is 5.97 Å². The van der Waals surface area contributed by atoms with Gasteiger partial charge in [-0.25, -0.2) is 4.79 Å². The average molecular weight is 601 g/mol. The summed E-state index contributed by atoms with van der Waals surface area (Å²) in [4.78, 5) is 18.6. The quantitative estimate of drug-likeness (QED) is 0.143. The van der Waals surface area contributed by atoms with E-state index >= 15 is 0 Å². The van der Waals surface area contributed by atoms with Gasteiger partial charge in [-0.3, -0.25) is 9.67 Å². The zero-order valence-corrected chi connectivity index (χ0v) is 25.9. The van der Waals surface area contributed by atoms with Gasteiger partial charge in [0.25, 0.3) is 0 Å². The number of carbonyl (C=O) groups is 1. The maximum absolute atomic E-state index is 13.9. The number of benzene rings is 3. The molecule has 0 unspecified atom stereocenters. The van der Waals surface area contributed by atoms with E-state index in [1.54, 1.807) is 6.20 Å². The third-order valence-corrected chi connectivity index (χ3v) is 8.70. The minimum Gasteiger partial charge on any atom is -0.493 e. The van der Waals surface area contributed by atoms with Crippen LogP contribution in [0.15, 0.2) is 79.0 Å². The second-order valence-electron chi connectivity index (χ2n) is 11.4. The lowest BCUT2D eigenvalue weighted by atomic mass is 9.98. The predicted molar refractivity (Wildman–Crippen MR) is 174 cm³/mol. The van der Waals surface area contributed by atoms with Crippen molar-refractivity contribution in [1.82, 2.24) is 19.3 Å². The molecule has 4 heterocycles. The molecule has 0 saturated carbocycles. The molecule has 0 amide bonds. The minimum atomic E-state index is -0.337. The number of aryl methyl sites for hydroxylation is 2. The lowest BCUT2D eigenvalue weighted by molar-refractivity contribution is 0.0513. The van der Waals surface area contributed by atoms with Gasteiger partial charge in [0.1, 0.15) is 11.4 Å². The molecule has 8 nitrogen and oxygen atoms in total. The van der Waals surface area contributed by atoms with E-state index < -0.39 is 0 Å². The van der Waals surface area contributed by atoms with Crippen LogP contribution in [0, 0.1) is 6.92 Å². The van der Waals surface area contributed by atoms with Gasteiger partial charge in [-0.15, -0.1) is 0 Å². The summed E-state index contributed by atoms with van der Waals surface area (Å²) in [6.45, 7) is 5.88. The summed E-state index contributed by atoms with van der Waals surface area (Å²) in [7, 11) is 1.96. The Bertz CT molecular complexity index is 2030. The standard InChI is InChI=1S/C37H36N4O4/c1-4-44-37(42)36-29(17-10-20-45-33-18-7-12-25-11-5-6-14-27(25)33)28-15-8-16-30-34-24(2)40(3)39-32(34)23-43-22-26-13-9-19-38-31(26)21-41(36)35(28)30/h5-9,11-16,18-19H,4,10,17,20-23H2,1-3H3. The van der Waals surface area contributed by atoms with Crippen molar-refractivity contribution in [1.29, 1.82) is 0 Å². The molecular formula is C37H36N4O4. The number of carbonyl (C=O) groups excluding carboxylic acids is 1. The molecule has 0 aliphatic carbocycles. The van der Waals surface area contributed by atoms with Crippen LogP contribution in [0.25, 0.3) is 32.8 Å². The van der Waals surface area contributed by atoms with Crippen LogP contribution in [-0.2, 0) is 42.7 Å². The summed E-state index contributed by atoms with van der Waals surface area (Å²) >= 11 is 0. The molecule has 45 heavy (non-hydrogen) atoms. The minimum absolute atomic E-state index is 0.283. The summed E-state index contributed by atoms with van der Waals surface area (Å²) in [5.74, 6) is 0.527. The van der Waals surface area contributed by atoms with E-state index in [2.05, 4.69) is 47.9 Å². The van der Waals surface area contributed by atoms with Gasteiger partial charge in [-0.2, -0.15) is 5.10 Å². The zero-order valence-electron chi connectivity index (χ0n) is 25.9. The summed E-state index contributed by atoms with van der Waals surface area (Å²) < 4.78 is 22.2. The number of pyridine rings is 1. The van der Waals surface area contributed by atoms with Gasteiger partial charge in [-0.05, 0) is 49.8 Å². The second kappa shape index (κ2) is 12.2. The van der Waals surface area contributed by atoms with Crippen molar-refractivity contribution in [3.63, 3.8) is 0 Å². The fourth-order valence-electron chi connectivity index (χ4n) is 6.56. The molecule has 0 radical (unpaired) electrons. The van der Waals surface area contributed by atoms with E-state index in [-0.39, 0.29) is 12.6 Å². The molecule has 0 bridgehead atoms. The molecule has 8 heteroatoms. The Morgan fingerprint density at radius 3 is 2.67 bits per heavy atom. The van der Waals surface area contributed by atoms with Crippen LogP contribution in [0.3, 0.4) is 0 Å². The molecule has 7 rings (SSSR count). The number of aromatic nitrogens is 4. The maximum Gasteiger partial charge on any atom is 0.355 e. The fourth-order valence-corrected chi connectivity index (χ4v) is 6.56. The van der Waals surface area contributed by atoms with Crippen molar-refractivity contribution in [2.45, 2.75) is 46.4 Å². The van der Waals surface area contributed by atoms with Crippen LogP contribution in [0.1, 0.15) is 52.0 Å². The first-order valence-electron chi connectivity index (χ1n) is 15.5. The first kappa shape index (κ1) is 28.8. The first-order valence-corrected chi connectivity index (χ1v) is 15.5. The van der Waals surface area contributed by atoms with Crippen LogP contribution in [0.2, 0.25) is 0 Å². The second-order valence-corrected chi connectivity index (χ2v) is 11.4. The molecule has 3 aromatic heterocycles. The Balaban J connectivity index is 1.36. The number of fused-ring (bicyclic) bond motifs is 4. The molecule has 3 aromatic carbocycles. The number of ether oxygens (including phenoxy) is 3. The van der Waals surface area contributed by atoms with Crippen LogP contribution in [0.5, 0.6) is 5.75 Å². The number of rotatable bonds is 7. The molecule has 0 saturated heterocycles. The number of hydrogen-bond donors (Lipinski definition) is 0. The van der Waals surface area contributed by atoms with Crippen LogP contribution in [0.4, 0.5) is 0 Å². The Kier molecular flexibility index (Phi) is 7.81. The highest BCUT2D eigenvalue weighted by Gasteiger charge is 2.29. The molecule has 1 aliphatic rings. The first-order chi connectivity index (χ1) is 22.0. The fraction of sp³-hybridized carbons (Fsp3) is 0.270. The topological polar surface area (TPSA) is 80.4 Å². The zero-order chi connectivity index (χ0) is 30.9. The molecule has 228 valence electrons. The van der Waals surface area contributed by atoms with Gasteiger partial charge in [-0.1, -0.05) is 60.7 Å². The molecule has 0 N–H and O–H groups in total. The van der Waals surface area contributed by atoms with E-state index in [1.165, 1.54) is 0 Å². The summed E-state index contributed by atoms with van der Waals surface area (Å²) in [6, 6.07) is 24.6. The highest BCUT2D eigenvalue weighted by Crippen LogP contribution is 2.39. The predicted octanol–water partition coefficient (Wildman–Crippen LogP) is 7.17. The van der Waals surface area contributed by atoms with Crippen molar-refractivity contribution >= 4 is 27.6 Å². The van der Waals surface area contributed by atoms with Crippen LogP contribution < -0.4 is 4.74 Å². The van der Waals surface area contributed by atoms with Gasteiger partial charge in [0.2, 0.25) is 0 Å². The molecule has 0 fully saturated rings. The molecule has 1 aliphatic heterocycles. The summed E-state index contributed by atoms with van der Waals surface area (Å²) in [5.41, 5.74) is 8.27. The van der Waals surface area contributed by atoms with Crippen molar-refractivity contribution in [3.8, 4) is 16.9 Å². The summed E-state index contributed by atoms with van der Waals surface area (Å²) in [5, 5.41) is 8.09. The Hall–Kier alpha value is -4.95. The average Bonchev–Trinajstić information content (AvgIpc) is 3.51. The third kappa shape index (κ3) is 5.25. The molecule has 6 aromatic rings. The largest absolute Gasteiger partial charge is 0.493 e. The lowest BCUT2D eigenvalue weighted by Gasteiger charge is -2.15. The Labute approximate surface area is 262 Å². The van der Waals surface area contributed by atoms with E-state index in [0.717, 1.165) is 73.2 Å². The molecule has 0 atom stereocenters. The maximum atomic E-state index is 13.9. The SMILES string of the molecule is CCOC(=O)c1c(CCCOc2cccc3ccccc23)c2cccc3c2n1Cc1ncccc1COCc1nn(C)c(C)c1-3. The Morgan fingerprint density at radius 2 is 1.78 bits per heavy atom. The monoisotopic (exact) mass is 600 g/mol. The van der Waals surface area contributed by atoms with Crippen molar-refractivity contribution in [3.05, 3.63) is 113 Å². The van der Waals surface area contributed by atoms with E-state index in [0.29, 0.717) is 38.5 Å². The molecule has 0 spiro atoms. The number of esters is 1. The van der Waals surface area contributed by atoms with Gasteiger partial charge in [0.05, 0.1) is 49.9 Å². The normalized spacial score (nSPS) is 12.9. The van der Waals surface area contributed by atoms with Crippen molar-refractivity contribution in [2.24, 2.45) is 7.05 Å². The highest BCUT2D eigenvalue weighted by atomic mass is 16.5. The van der Waals surface area contributed by atoms with E-state index in [9.17, 15) is 4.79 Å². The summed E-state index contributed by atoms with van der Waals surface area (Å²) in [6.07, 6.45) is 3.16. The van der Waals surface area contributed by atoms with Gasteiger partial charge in [0, 0.05) is 46.4 Å². The Morgan fingerprint density at radius 1 is 0.956 bits per heavy atom. The highest BCUT2D eigenvalue weighted by molar-refractivity contribution is 6.05. The number of hydrogen-bond acceptors (Lipinski definition) is 6. The van der Waals surface area contributed by atoms with Crippen LogP contribution in [-0.4, -0.2) is 38.5 Å². The number of nitrogens with zero attached hydrogens (tertiary/aromatic N) is 4. The van der Waals surface area contributed by atoms with Gasteiger partial charge < -0.3 is 18.8 Å². The van der Waals surface area contributed by atoms with Crippen LogP contribution >= 0.6 is 0 Å². The van der Waals surface area contributed by atoms with Crippen molar-refractivity contribution < 1.29 is 19.0 Å². The molecular weight excluding hydrogens is 564 g/mol. The number of para-hydroxylation sites is 1.